The Morgan fingerprint density at radius 2 is 1.80 bits per heavy atom. The van der Waals surface area contributed by atoms with Crippen molar-refractivity contribution in [3.8, 4) is 17.2 Å². The molecule has 0 amide bonds. The van der Waals surface area contributed by atoms with E-state index in [1.54, 1.807) is 6.07 Å². The maximum atomic E-state index is 6.18. The fourth-order valence-electron chi connectivity index (χ4n) is 3.04. The first-order chi connectivity index (χ1) is 14.8. The largest absolute Gasteiger partial charge is 0.484 e. The van der Waals surface area contributed by atoms with E-state index in [-0.39, 0.29) is 0 Å². The first-order valence-corrected chi connectivity index (χ1v) is 11.0. The van der Waals surface area contributed by atoms with Gasteiger partial charge in [0.25, 0.3) is 0 Å². The number of halogens is 1. The zero-order valence-corrected chi connectivity index (χ0v) is 17.5. The minimum Gasteiger partial charge on any atom is -0.484 e. The molecule has 0 spiro atoms. The molecule has 1 aliphatic carbocycles. The van der Waals surface area contributed by atoms with Crippen LogP contribution in [-0.2, 0) is 12.4 Å². The summed E-state index contributed by atoms with van der Waals surface area (Å²) in [6, 6.07) is 17.5. The Morgan fingerprint density at radius 3 is 2.60 bits per heavy atom. The second-order valence-electron chi connectivity index (χ2n) is 6.87. The van der Waals surface area contributed by atoms with E-state index < -0.39 is 0 Å². The monoisotopic (exact) mass is 439 g/mol. The first-order valence-electron chi connectivity index (χ1n) is 9.59. The summed E-state index contributed by atoms with van der Waals surface area (Å²) in [7, 11) is 0. The van der Waals surface area contributed by atoms with Gasteiger partial charge in [0, 0.05) is 11.6 Å². The van der Waals surface area contributed by atoms with Gasteiger partial charge in [-0.05, 0) is 37.1 Å². The molecule has 9 heteroatoms. The van der Waals surface area contributed by atoms with Crippen molar-refractivity contribution in [1.82, 2.24) is 25.0 Å². The van der Waals surface area contributed by atoms with Gasteiger partial charge >= 0.3 is 0 Å². The predicted molar refractivity (Wildman–Crippen MR) is 113 cm³/mol. The van der Waals surface area contributed by atoms with Crippen LogP contribution < -0.4 is 4.74 Å². The average Bonchev–Trinajstić information content (AvgIpc) is 3.36. The Balaban J connectivity index is 1.27. The molecule has 30 heavy (non-hydrogen) atoms. The van der Waals surface area contributed by atoms with E-state index in [2.05, 4.69) is 25.0 Å². The van der Waals surface area contributed by atoms with Crippen molar-refractivity contribution in [1.29, 1.82) is 0 Å². The number of para-hydroxylation sites is 1. The van der Waals surface area contributed by atoms with Crippen LogP contribution in [0.2, 0.25) is 5.02 Å². The molecule has 1 fully saturated rings. The van der Waals surface area contributed by atoms with Crippen molar-refractivity contribution in [3.05, 3.63) is 71.3 Å². The minimum atomic E-state index is 0.312. The topological polar surface area (TPSA) is 78.9 Å². The Labute approximate surface area is 182 Å². The van der Waals surface area contributed by atoms with E-state index in [1.807, 2.05) is 48.5 Å². The van der Waals surface area contributed by atoms with Crippen LogP contribution in [0.15, 0.2) is 64.2 Å². The molecule has 152 valence electrons. The van der Waals surface area contributed by atoms with Crippen LogP contribution in [0, 0.1) is 0 Å². The summed E-state index contributed by atoms with van der Waals surface area (Å²) < 4.78 is 13.8. The molecule has 0 aliphatic heterocycles. The van der Waals surface area contributed by atoms with Gasteiger partial charge in [0.05, 0.1) is 10.8 Å². The number of rotatable bonds is 8. The standard InChI is InChI=1S/C21H18ClN5O2S/c22-16-8-4-5-9-17(16)28-12-18-23-26-21(27(18)15-10-11-15)30-13-19-24-25-20(29-19)14-6-2-1-3-7-14/h1-9,15H,10-13H2. The van der Waals surface area contributed by atoms with Crippen LogP contribution in [0.4, 0.5) is 0 Å². The Kier molecular flexibility index (Phi) is 5.42. The van der Waals surface area contributed by atoms with E-state index in [1.165, 1.54) is 11.8 Å². The van der Waals surface area contributed by atoms with Gasteiger partial charge < -0.3 is 9.15 Å². The summed E-state index contributed by atoms with van der Waals surface area (Å²) in [5, 5.41) is 18.4. The van der Waals surface area contributed by atoms with Gasteiger partial charge in [-0.1, -0.05) is 53.7 Å². The quantitative estimate of drug-likeness (QED) is 0.349. The van der Waals surface area contributed by atoms with Gasteiger partial charge in [-0.3, -0.25) is 4.57 Å². The molecule has 0 radical (unpaired) electrons. The third kappa shape index (κ3) is 4.20. The summed E-state index contributed by atoms with van der Waals surface area (Å²) in [5.74, 6) is 3.02. The maximum absolute atomic E-state index is 6.18. The highest BCUT2D eigenvalue weighted by Gasteiger charge is 2.30. The van der Waals surface area contributed by atoms with Crippen LogP contribution >= 0.6 is 23.4 Å². The fraction of sp³-hybridized carbons (Fsp3) is 0.238. The third-order valence-electron chi connectivity index (χ3n) is 4.65. The van der Waals surface area contributed by atoms with Crippen molar-refractivity contribution in [2.24, 2.45) is 0 Å². The van der Waals surface area contributed by atoms with E-state index in [0.29, 0.717) is 41.0 Å². The van der Waals surface area contributed by atoms with Crippen LogP contribution in [0.5, 0.6) is 5.75 Å². The molecule has 0 atom stereocenters. The number of nitrogens with zero attached hydrogens (tertiary/aromatic N) is 5. The van der Waals surface area contributed by atoms with Crippen molar-refractivity contribution in [3.63, 3.8) is 0 Å². The molecule has 0 N–H and O–H groups in total. The molecule has 5 rings (SSSR count). The second kappa shape index (κ2) is 8.49. The molecular weight excluding hydrogens is 422 g/mol. The predicted octanol–water partition coefficient (Wildman–Crippen LogP) is 5.19. The molecule has 0 unspecified atom stereocenters. The van der Waals surface area contributed by atoms with Crippen molar-refractivity contribution < 1.29 is 9.15 Å². The number of ether oxygens (including phenoxy) is 1. The molecule has 1 aliphatic rings. The zero-order chi connectivity index (χ0) is 20.3. The molecule has 2 heterocycles. The number of aromatic nitrogens is 5. The summed E-state index contributed by atoms with van der Waals surface area (Å²) in [4.78, 5) is 0. The lowest BCUT2D eigenvalue weighted by Gasteiger charge is -2.10. The van der Waals surface area contributed by atoms with Crippen LogP contribution in [0.1, 0.15) is 30.6 Å². The smallest absolute Gasteiger partial charge is 0.247 e. The van der Waals surface area contributed by atoms with Gasteiger partial charge in [0.15, 0.2) is 11.0 Å². The van der Waals surface area contributed by atoms with E-state index in [4.69, 9.17) is 20.8 Å². The highest BCUT2D eigenvalue weighted by molar-refractivity contribution is 7.98. The SMILES string of the molecule is Clc1ccccc1OCc1nnc(SCc2nnc(-c3ccccc3)o2)n1C1CC1. The number of benzene rings is 2. The summed E-state index contributed by atoms with van der Waals surface area (Å²) in [6.45, 7) is 0.312. The number of hydrogen-bond acceptors (Lipinski definition) is 7. The van der Waals surface area contributed by atoms with E-state index >= 15 is 0 Å². The highest BCUT2D eigenvalue weighted by Crippen LogP contribution is 2.39. The Bertz CT molecular complexity index is 1140. The van der Waals surface area contributed by atoms with Crippen LogP contribution in [-0.4, -0.2) is 25.0 Å². The molecule has 4 aromatic rings. The van der Waals surface area contributed by atoms with Crippen LogP contribution in [0.3, 0.4) is 0 Å². The lowest BCUT2D eigenvalue weighted by Crippen LogP contribution is -2.07. The highest BCUT2D eigenvalue weighted by atomic mass is 35.5. The van der Waals surface area contributed by atoms with E-state index in [0.717, 1.165) is 29.4 Å². The van der Waals surface area contributed by atoms with Gasteiger partial charge in [-0.2, -0.15) is 0 Å². The first kappa shape index (κ1) is 19.1. The summed E-state index contributed by atoms with van der Waals surface area (Å²) >= 11 is 7.71. The Morgan fingerprint density at radius 1 is 1.00 bits per heavy atom. The second-order valence-corrected chi connectivity index (χ2v) is 8.22. The Hall–Kier alpha value is -2.84. The molecular formula is C21H18ClN5O2S. The van der Waals surface area contributed by atoms with Crippen LogP contribution in [0.25, 0.3) is 11.5 Å². The minimum absolute atomic E-state index is 0.312. The third-order valence-corrected chi connectivity index (χ3v) is 5.89. The van der Waals surface area contributed by atoms with Gasteiger partial charge in [-0.15, -0.1) is 20.4 Å². The van der Waals surface area contributed by atoms with E-state index in [9.17, 15) is 0 Å². The van der Waals surface area contributed by atoms with Gasteiger partial charge in [0.2, 0.25) is 11.8 Å². The lowest BCUT2D eigenvalue weighted by atomic mass is 10.2. The number of hydrogen-bond donors (Lipinski definition) is 0. The van der Waals surface area contributed by atoms with Crippen molar-refractivity contribution in [2.75, 3.05) is 0 Å². The molecule has 7 nitrogen and oxygen atoms in total. The van der Waals surface area contributed by atoms with Crippen molar-refractivity contribution >= 4 is 23.4 Å². The molecule has 0 bridgehead atoms. The zero-order valence-electron chi connectivity index (χ0n) is 15.9. The molecule has 1 saturated carbocycles. The fourth-order valence-corrected chi connectivity index (χ4v) is 4.10. The maximum Gasteiger partial charge on any atom is 0.247 e. The van der Waals surface area contributed by atoms with Gasteiger partial charge in [0.1, 0.15) is 12.4 Å². The molecule has 2 aromatic carbocycles. The summed E-state index contributed by atoms with van der Waals surface area (Å²) in [6.07, 6.45) is 2.23. The average molecular weight is 440 g/mol. The summed E-state index contributed by atoms with van der Waals surface area (Å²) in [5.41, 5.74) is 0.904. The lowest BCUT2D eigenvalue weighted by molar-refractivity contribution is 0.288. The number of thioether (sulfide) groups is 1. The van der Waals surface area contributed by atoms with Gasteiger partial charge in [-0.25, -0.2) is 0 Å². The normalized spacial score (nSPS) is 13.5. The van der Waals surface area contributed by atoms with Crippen molar-refractivity contribution in [2.45, 2.75) is 36.4 Å². The molecule has 0 saturated heterocycles. The molecule has 2 aromatic heterocycles.